The van der Waals surface area contributed by atoms with E-state index in [1.54, 1.807) is 48.3 Å². The molecule has 2 heterocycles. The summed E-state index contributed by atoms with van der Waals surface area (Å²) in [6.07, 6.45) is 3.47. The zero-order chi connectivity index (χ0) is 16.9. The quantitative estimate of drug-likeness (QED) is 0.756. The molecule has 3 rings (SSSR count). The van der Waals surface area contributed by atoms with Gasteiger partial charge in [-0.2, -0.15) is 5.26 Å². The monoisotopic (exact) mass is 321 g/mol. The molecule has 0 fully saturated rings. The van der Waals surface area contributed by atoms with Gasteiger partial charge in [-0.15, -0.1) is 5.10 Å². The summed E-state index contributed by atoms with van der Waals surface area (Å²) >= 11 is 0. The Morgan fingerprint density at radius 2 is 2.08 bits per heavy atom. The van der Waals surface area contributed by atoms with Gasteiger partial charge in [0.05, 0.1) is 24.4 Å². The number of nitrogen functional groups attached to an aromatic ring is 1. The van der Waals surface area contributed by atoms with Gasteiger partial charge in [0.25, 0.3) is 0 Å². The van der Waals surface area contributed by atoms with E-state index in [9.17, 15) is 0 Å². The minimum Gasteiger partial charge on any atom is -0.487 e. The molecule has 1 aromatic carbocycles. The van der Waals surface area contributed by atoms with Crippen molar-refractivity contribution in [3.05, 3.63) is 59.3 Å². The van der Waals surface area contributed by atoms with Crippen LogP contribution in [-0.2, 0) is 13.2 Å². The second-order valence-electron chi connectivity index (χ2n) is 5.16. The molecule has 0 saturated carbocycles. The van der Waals surface area contributed by atoms with E-state index in [1.807, 2.05) is 0 Å². The van der Waals surface area contributed by atoms with Crippen LogP contribution in [0.15, 0.2) is 36.7 Å². The molecule has 0 aliphatic rings. The first kappa shape index (κ1) is 15.4. The van der Waals surface area contributed by atoms with Crippen LogP contribution in [0.4, 0.5) is 5.82 Å². The third-order valence-corrected chi connectivity index (χ3v) is 3.31. The van der Waals surface area contributed by atoms with Crippen molar-refractivity contribution in [2.75, 3.05) is 5.73 Å². The summed E-state index contributed by atoms with van der Waals surface area (Å²) in [4.78, 5) is 8.26. The minimum atomic E-state index is 0.284. The van der Waals surface area contributed by atoms with E-state index in [4.69, 9.17) is 15.7 Å². The molecule has 8 nitrogen and oxygen atoms in total. The summed E-state index contributed by atoms with van der Waals surface area (Å²) < 4.78 is 7.27. The molecule has 2 aromatic heterocycles. The van der Waals surface area contributed by atoms with Crippen molar-refractivity contribution in [2.45, 2.75) is 20.1 Å². The van der Waals surface area contributed by atoms with Crippen molar-refractivity contribution in [3.8, 4) is 11.8 Å². The van der Waals surface area contributed by atoms with E-state index >= 15 is 0 Å². The van der Waals surface area contributed by atoms with Crippen LogP contribution in [-0.4, -0.2) is 25.0 Å². The van der Waals surface area contributed by atoms with Crippen molar-refractivity contribution < 1.29 is 4.74 Å². The standard InChI is InChI=1S/C16H15N7O/c1-11-19-7-13(16(18)20-11)8-23-9-14(21-22-23)10-24-15-4-2-12(6-17)3-5-15/h2-5,7,9H,8,10H2,1H3,(H2,18,19,20). The zero-order valence-corrected chi connectivity index (χ0v) is 13.0. The van der Waals surface area contributed by atoms with Crippen LogP contribution in [0.5, 0.6) is 5.75 Å². The summed E-state index contributed by atoms with van der Waals surface area (Å²) in [6, 6.07) is 8.95. The maximum absolute atomic E-state index is 8.77. The second-order valence-corrected chi connectivity index (χ2v) is 5.16. The number of aryl methyl sites for hydroxylation is 1. The van der Waals surface area contributed by atoms with Crippen molar-refractivity contribution >= 4 is 5.82 Å². The fourth-order valence-electron chi connectivity index (χ4n) is 2.07. The van der Waals surface area contributed by atoms with Crippen molar-refractivity contribution in [2.24, 2.45) is 0 Å². The fraction of sp³-hybridized carbons (Fsp3) is 0.188. The molecular weight excluding hydrogens is 306 g/mol. The Balaban J connectivity index is 1.61. The van der Waals surface area contributed by atoms with Crippen molar-refractivity contribution in [1.82, 2.24) is 25.0 Å². The van der Waals surface area contributed by atoms with Crippen LogP contribution in [0.1, 0.15) is 22.6 Å². The minimum absolute atomic E-state index is 0.284. The number of hydrogen-bond acceptors (Lipinski definition) is 7. The number of nitriles is 1. The van der Waals surface area contributed by atoms with E-state index in [0.29, 0.717) is 35.2 Å². The van der Waals surface area contributed by atoms with E-state index in [1.165, 1.54) is 0 Å². The van der Waals surface area contributed by atoms with E-state index in [2.05, 4.69) is 26.3 Å². The number of aromatic nitrogens is 5. The summed E-state index contributed by atoms with van der Waals surface area (Å²) in [5, 5.41) is 16.9. The summed E-state index contributed by atoms with van der Waals surface area (Å²) in [5.41, 5.74) is 7.93. The van der Waals surface area contributed by atoms with Crippen molar-refractivity contribution in [1.29, 1.82) is 5.26 Å². The largest absolute Gasteiger partial charge is 0.487 e. The molecule has 24 heavy (non-hydrogen) atoms. The molecule has 0 saturated heterocycles. The molecule has 0 radical (unpaired) electrons. The first-order valence-corrected chi connectivity index (χ1v) is 7.24. The molecule has 0 amide bonds. The highest BCUT2D eigenvalue weighted by Gasteiger charge is 2.07. The van der Waals surface area contributed by atoms with Crippen LogP contribution in [0.3, 0.4) is 0 Å². The molecule has 0 spiro atoms. The first-order chi connectivity index (χ1) is 11.6. The highest BCUT2D eigenvalue weighted by molar-refractivity contribution is 5.37. The number of rotatable bonds is 5. The lowest BCUT2D eigenvalue weighted by Gasteiger charge is -2.04. The van der Waals surface area contributed by atoms with Gasteiger partial charge < -0.3 is 10.5 Å². The molecular formula is C16H15N7O. The van der Waals surface area contributed by atoms with Gasteiger partial charge in [-0.3, -0.25) is 0 Å². The predicted molar refractivity (Wildman–Crippen MR) is 85.8 cm³/mol. The second kappa shape index (κ2) is 6.75. The molecule has 3 aromatic rings. The molecule has 0 unspecified atom stereocenters. The maximum atomic E-state index is 8.77. The average Bonchev–Trinajstić information content (AvgIpc) is 3.03. The Labute approximate surface area is 138 Å². The molecule has 0 aliphatic carbocycles. The Morgan fingerprint density at radius 1 is 1.29 bits per heavy atom. The zero-order valence-electron chi connectivity index (χ0n) is 13.0. The normalized spacial score (nSPS) is 10.3. The third-order valence-electron chi connectivity index (χ3n) is 3.31. The SMILES string of the molecule is Cc1ncc(Cn2cc(COc3ccc(C#N)cc3)nn2)c(N)n1. The third kappa shape index (κ3) is 3.64. The summed E-state index contributed by atoms with van der Waals surface area (Å²) in [7, 11) is 0. The van der Waals surface area contributed by atoms with E-state index in [0.717, 1.165) is 5.56 Å². The van der Waals surface area contributed by atoms with Crippen LogP contribution >= 0.6 is 0 Å². The molecule has 120 valence electrons. The van der Waals surface area contributed by atoms with E-state index < -0.39 is 0 Å². The predicted octanol–water partition coefficient (Wildman–Crippen LogP) is 1.46. The van der Waals surface area contributed by atoms with Gasteiger partial charge in [0.2, 0.25) is 0 Å². The van der Waals surface area contributed by atoms with Gasteiger partial charge >= 0.3 is 0 Å². The van der Waals surface area contributed by atoms with Crippen molar-refractivity contribution in [3.63, 3.8) is 0 Å². The van der Waals surface area contributed by atoms with Gasteiger partial charge in [-0.05, 0) is 31.2 Å². The molecule has 0 atom stereocenters. The van der Waals surface area contributed by atoms with Crippen LogP contribution in [0.2, 0.25) is 0 Å². The lowest BCUT2D eigenvalue weighted by Crippen LogP contribution is -2.07. The Bertz CT molecular complexity index is 880. The molecule has 2 N–H and O–H groups in total. The van der Waals surface area contributed by atoms with Gasteiger partial charge in [0.1, 0.15) is 29.7 Å². The smallest absolute Gasteiger partial charge is 0.134 e. The first-order valence-electron chi connectivity index (χ1n) is 7.24. The topological polar surface area (TPSA) is 116 Å². The van der Waals surface area contributed by atoms with Crippen LogP contribution in [0.25, 0.3) is 0 Å². The van der Waals surface area contributed by atoms with E-state index in [-0.39, 0.29) is 6.61 Å². The Hall–Kier alpha value is -3.47. The highest BCUT2D eigenvalue weighted by atomic mass is 16.5. The Morgan fingerprint density at radius 3 is 2.79 bits per heavy atom. The average molecular weight is 321 g/mol. The van der Waals surface area contributed by atoms with Crippen LogP contribution < -0.4 is 10.5 Å². The Kier molecular flexibility index (Phi) is 4.34. The summed E-state index contributed by atoms with van der Waals surface area (Å²) in [6.45, 7) is 2.51. The number of nitrogens with zero attached hydrogens (tertiary/aromatic N) is 6. The lowest BCUT2D eigenvalue weighted by molar-refractivity contribution is 0.301. The molecule has 8 heteroatoms. The highest BCUT2D eigenvalue weighted by Crippen LogP contribution is 2.13. The summed E-state index contributed by atoms with van der Waals surface area (Å²) in [5.74, 6) is 1.74. The molecule has 0 aliphatic heterocycles. The van der Waals surface area contributed by atoms with Crippen LogP contribution in [0, 0.1) is 18.3 Å². The van der Waals surface area contributed by atoms with Gasteiger partial charge in [0, 0.05) is 11.8 Å². The number of anilines is 1. The van der Waals surface area contributed by atoms with Gasteiger partial charge in [0.15, 0.2) is 0 Å². The molecule has 0 bridgehead atoms. The van der Waals surface area contributed by atoms with Gasteiger partial charge in [-0.1, -0.05) is 5.21 Å². The number of hydrogen-bond donors (Lipinski definition) is 1. The maximum Gasteiger partial charge on any atom is 0.134 e. The van der Waals surface area contributed by atoms with Gasteiger partial charge in [-0.25, -0.2) is 14.6 Å². The number of ether oxygens (including phenoxy) is 1. The lowest BCUT2D eigenvalue weighted by atomic mass is 10.2. The number of benzene rings is 1. The number of nitrogens with two attached hydrogens (primary N) is 1. The fourth-order valence-corrected chi connectivity index (χ4v) is 2.07.